The molecule has 0 fully saturated rings. The number of carbonyl (C=O) groups is 2. The lowest BCUT2D eigenvalue weighted by atomic mass is 10.0. The van der Waals surface area contributed by atoms with E-state index >= 15 is 0 Å². The summed E-state index contributed by atoms with van der Waals surface area (Å²) < 4.78 is 5.84. The van der Waals surface area contributed by atoms with E-state index in [-0.39, 0.29) is 25.0 Å². The van der Waals surface area contributed by atoms with E-state index in [9.17, 15) is 9.59 Å². The molecule has 37 heavy (non-hydrogen) atoms. The summed E-state index contributed by atoms with van der Waals surface area (Å²) >= 11 is 12.4. The number of nitrogens with zero attached hydrogens (tertiary/aromatic N) is 1. The van der Waals surface area contributed by atoms with E-state index in [4.69, 9.17) is 27.9 Å². The molecule has 2 amide bonds. The average Bonchev–Trinajstić information content (AvgIpc) is 2.86. The summed E-state index contributed by atoms with van der Waals surface area (Å²) in [5.41, 5.74) is 2.42. The van der Waals surface area contributed by atoms with Crippen LogP contribution in [0.5, 0.6) is 5.75 Å². The highest BCUT2D eigenvalue weighted by atomic mass is 35.5. The minimum absolute atomic E-state index is 0.170. The Morgan fingerprint density at radius 2 is 1.54 bits per heavy atom. The zero-order valence-electron chi connectivity index (χ0n) is 21.8. The van der Waals surface area contributed by atoms with Gasteiger partial charge in [-0.25, -0.2) is 0 Å². The molecular formula is C30H34Cl2N2O3. The third-order valence-electron chi connectivity index (χ3n) is 5.80. The van der Waals surface area contributed by atoms with E-state index in [1.807, 2.05) is 75.4 Å². The molecule has 0 radical (unpaired) electrons. The zero-order valence-corrected chi connectivity index (χ0v) is 23.3. The molecule has 3 rings (SSSR count). The Labute approximate surface area is 229 Å². The van der Waals surface area contributed by atoms with Crippen LogP contribution in [0.4, 0.5) is 0 Å². The molecule has 1 atom stereocenters. The highest BCUT2D eigenvalue weighted by molar-refractivity contribution is 6.42. The molecule has 196 valence electrons. The van der Waals surface area contributed by atoms with Crippen molar-refractivity contribution in [1.29, 1.82) is 0 Å². The van der Waals surface area contributed by atoms with Gasteiger partial charge in [-0.3, -0.25) is 9.59 Å². The number of ether oxygens (including phenoxy) is 1. The van der Waals surface area contributed by atoms with Crippen molar-refractivity contribution in [1.82, 2.24) is 10.2 Å². The van der Waals surface area contributed by atoms with Crippen molar-refractivity contribution in [2.24, 2.45) is 0 Å². The van der Waals surface area contributed by atoms with Crippen LogP contribution in [0.2, 0.25) is 10.0 Å². The predicted octanol–water partition coefficient (Wildman–Crippen LogP) is 6.49. The molecule has 0 aliphatic heterocycles. The third-order valence-corrected chi connectivity index (χ3v) is 6.54. The third kappa shape index (κ3) is 8.80. The highest BCUT2D eigenvalue weighted by Crippen LogP contribution is 2.25. The van der Waals surface area contributed by atoms with Gasteiger partial charge in [-0.1, -0.05) is 78.7 Å². The van der Waals surface area contributed by atoms with Crippen molar-refractivity contribution in [3.8, 4) is 5.75 Å². The van der Waals surface area contributed by atoms with Crippen LogP contribution >= 0.6 is 23.2 Å². The fourth-order valence-corrected chi connectivity index (χ4v) is 4.21. The number of carbonyl (C=O) groups excluding carboxylic acids is 2. The van der Waals surface area contributed by atoms with E-state index in [0.717, 1.165) is 17.5 Å². The van der Waals surface area contributed by atoms with Crippen molar-refractivity contribution in [2.45, 2.75) is 58.7 Å². The Morgan fingerprint density at radius 1 is 0.892 bits per heavy atom. The molecule has 0 heterocycles. The summed E-state index contributed by atoms with van der Waals surface area (Å²) in [6.45, 7) is 7.79. The van der Waals surface area contributed by atoms with Crippen molar-refractivity contribution in [2.75, 3.05) is 6.61 Å². The van der Waals surface area contributed by atoms with Crippen LogP contribution in [0.1, 0.15) is 44.4 Å². The van der Waals surface area contributed by atoms with Gasteiger partial charge in [0.15, 0.2) is 6.61 Å². The molecular weight excluding hydrogens is 507 g/mol. The number of hydrogen-bond acceptors (Lipinski definition) is 3. The van der Waals surface area contributed by atoms with Gasteiger partial charge in [-0.05, 0) is 68.1 Å². The molecule has 0 aromatic heterocycles. The number of hydrogen-bond donors (Lipinski definition) is 1. The Bertz CT molecular complexity index is 1190. The van der Waals surface area contributed by atoms with E-state index in [0.29, 0.717) is 22.2 Å². The van der Waals surface area contributed by atoms with Crippen molar-refractivity contribution >= 4 is 35.0 Å². The Kier molecular flexibility index (Phi) is 10.0. The van der Waals surface area contributed by atoms with E-state index in [1.165, 1.54) is 5.56 Å². The van der Waals surface area contributed by atoms with Crippen LogP contribution in [-0.2, 0) is 29.0 Å². The van der Waals surface area contributed by atoms with Gasteiger partial charge in [0.25, 0.3) is 5.91 Å². The fourth-order valence-electron chi connectivity index (χ4n) is 3.89. The second-order valence-corrected chi connectivity index (χ2v) is 10.8. The van der Waals surface area contributed by atoms with Crippen LogP contribution < -0.4 is 10.1 Å². The summed E-state index contributed by atoms with van der Waals surface area (Å²) in [6, 6.07) is 21.8. The number of benzene rings is 3. The van der Waals surface area contributed by atoms with Crippen LogP contribution in [0, 0.1) is 0 Å². The fraction of sp³-hybridized carbons (Fsp3) is 0.333. The summed E-state index contributed by atoms with van der Waals surface area (Å²) in [6.07, 6.45) is 1.27. The van der Waals surface area contributed by atoms with Gasteiger partial charge >= 0.3 is 0 Å². The van der Waals surface area contributed by atoms with Gasteiger partial charge in [-0.2, -0.15) is 0 Å². The average molecular weight is 542 g/mol. The van der Waals surface area contributed by atoms with Gasteiger partial charge in [0, 0.05) is 18.5 Å². The summed E-state index contributed by atoms with van der Waals surface area (Å²) in [5.74, 6) is 0.0477. The van der Waals surface area contributed by atoms with Crippen molar-refractivity contribution < 1.29 is 14.3 Å². The Balaban J connectivity index is 1.93. The van der Waals surface area contributed by atoms with Crippen molar-refractivity contribution in [3.63, 3.8) is 0 Å². The SMILES string of the molecule is CCc1ccc(OCC(=O)N(Cc2ccc(Cl)c(Cl)c2)C(Cc2ccccc2)C(=O)NC(C)(C)C)cc1. The second-order valence-electron chi connectivity index (χ2n) is 10.0. The molecule has 1 N–H and O–H groups in total. The normalized spacial score (nSPS) is 12.1. The Morgan fingerprint density at radius 3 is 2.14 bits per heavy atom. The van der Waals surface area contributed by atoms with Gasteiger partial charge in [0.05, 0.1) is 10.0 Å². The predicted molar refractivity (Wildman–Crippen MR) is 150 cm³/mol. The first kappa shape index (κ1) is 28.5. The highest BCUT2D eigenvalue weighted by Gasteiger charge is 2.32. The maximum absolute atomic E-state index is 13.7. The summed E-state index contributed by atoms with van der Waals surface area (Å²) in [5, 5.41) is 3.86. The lowest BCUT2D eigenvalue weighted by Gasteiger charge is -2.33. The van der Waals surface area contributed by atoms with Gasteiger partial charge in [0.2, 0.25) is 5.91 Å². The smallest absolute Gasteiger partial charge is 0.261 e. The first-order chi connectivity index (χ1) is 17.6. The van der Waals surface area contributed by atoms with Crippen LogP contribution in [0.3, 0.4) is 0 Å². The van der Waals surface area contributed by atoms with Gasteiger partial charge in [0.1, 0.15) is 11.8 Å². The number of aryl methyl sites for hydroxylation is 1. The number of amides is 2. The molecule has 1 unspecified atom stereocenters. The lowest BCUT2D eigenvalue weighted by Crippen LogP contribution is -2.55. The monoisotopic (exact) mass is 540 g/mol. The van der Waals surface area contributed by atoms with Crippen LogP contribution in [0.15, 0.2) is 72.8 Å². The van der Waals surface area contributed by atoms with Crippen molar-refractivity contribution in [3.05, 3.63) is 99.5 Å². The maximum atomic E-state index is 13.7. The molecule has 5 nitrogen and oxygen atoms in total. The molecule has 0 saturated heterocycles. The maximum Gasteiger partial charge on any atom is 0.261 e. The van der Waals surface area contributed by atoms with Gasteiger partial charge < -0.3 is 15.0 Å². The molecule has 0 bridgehead atoms. The zero-order chi connectivity index (χ0) is 27.0. The minimum Gasteiger partial charge on any atom is -0.484 e. The second kappa shape index (κ2) is 13.0. The topological polar surface area (TPSA) is 58.6 Å². The molecule has 0 aliphatic carbocycles. The van der Waals surface area contributed by atoms with E-state index in [1.54, 1.807) is 23.1 Å². The van der Waals surface area contributed by atoms with E-state index < -0.39 is 11.6 Å². The minimum atomic E-state index is -0.769. The molecule has 7 heteroatoms. The Hall–Kier alpha value is -3.02. The summed E-state index contributed by atoms with van der Waals surface area (Å²) in [4.78, 5) is 28.8. The molecule has 3 aromatic carbocycles. The first-order valence-corrected chi connectivity index (χ1v) is 13.1. The molecule has 3 aromatic rings. The number of halogens is 2. The van der Waals surface area contributed by atoms with Crippen LogP contribution in [-0.4, -0.2) is 34.9 Å². The lowest BCUT2D eigenvalue weighted by molar-refractivity contribution is -0.143. The summed E-state index contributed by atoms with van der Waals surface area (Å²) in [7, 11) is 0. The quantitative estimate of drug-likeness (QED) is 0.319. The van der Waals surface area contributed by atoms with Gasteiger partial charge in [-0.15, -0.1) is 0 Å². The van der Waals surface area contributed by atoms with E-state index in [2.05, 4.69) is 12.2 Å². The standard InChI is InChI=1S/C30H34Cl2N2O3/c1-5-21-11-14-24(15-12-21)37-20-28(35)34(19-23-13-16-25(31)26(32)17-23)27(29(36)33-30(2,3)4)18-22-9-7-6-8-10-22/h6-17,27H,5,18-20H2,1-4H3,(H,33,36). The number of nitrogens with one attached hydrogen (secondary N) is 1. The largest absolute Gasteiger partial charge is 0.484 e. The van der Waals surface area contributed by atoms with Crippen LogP contribution in [0.25, 0.3) is 0 Å². The molecule has 0 spiro atoms. The molecule has 0 saturated carbocycles. The first-order valence-electron chi connectivity index (χ1n) is 12.4. The molecule has 0 aliphatic rings. The number of rotatable bonds is 10.